The first-order valence-corrected chi connectivity index (χ1v) is 9.06. The highest BCUT2D eigenvalue weighted by molar-refractivity contribution is 5.79. The molecular formula is C22H21N3O3. The van der Waals surface area contributed by atoms with Crippen molar-refractivity contribution in [3.8, 4) is 22.6 Å². The fourth-order valence-electron chi connectivity index (χ4n) is 3.29. The van der Waals surface area contributed by atoms with Crippen molar-refractivity contribution in [3.05, 3.63) is 82.4 Å². The van der Waals surface area contributed by atoms with Gasteiger partial charge in [0, 0.05) is 17.3 Å². The lowest BCUT2D eigenvalue weighted by Crippen LogP contribution is -2.18. The summed E-state index contributed by atoms with van der Waals surface area (Å²) in [6.45, 7) is 3.80. The Morgan fingerprint density at radius 1 is 1.04 bits per heavy atom. The zero-order valence-corrected chi connectivity index (χ0v) is 16.0. The second-order valence-electron chi connectivity index (χ2n) is 6.57. The van der Waals surface area contributed by atoms with Gasteiger partial charge in [0.2, 0.25) is 0 Å². The van der Waals surface area contributed by atoms with E-state index in [1.165, 1.54) is 10.6 Å². The Kier molecular flexibility index (Phi) is 4.61. The number of aromatic nitrogens is 3. The van der Waals surface area contributed by atoms with Crippen molar-refractivity contribution >= 4 is 5.65 Å². The van der Waals surface area contributed by atoms with Crippen molar-refractivity contribution in [3.63, 3.8) is 0 Å². The van der Waals surface area contributed by atoms with Crippen molar-refractivity contribution in [1.82, 2.24) is 14.6 Å². The standard InChI is InChI=1S/C22H21N3O3/c1-14-21(16-9-5-4-6-10-16)22-23-17(13-20(26)25(22)24-14)15(2)28-19-12-8-7-11-18(19)27-3/h4-13,15,24H,1-3H3/t15-/m1/s1. The maximum absolute atomic E-state index is 12.7. The number of aryl methyl sites for hydroxylation is 1. The van der Waals surface area contributed by atoms with Crippen LogP contribution in [0.2, 0.25) is 0 Å². The number of hydrogen-bond donors (Lipinski definition) is 1. The first-order chi connectivity index (χ1) is 13.6. The fraction of sp³-hybridized carbons (Fsp3) is 0.182. The number of fused-ring (bicyclic) bond motifs is 1. The molecule has 6 nitrogen and oxygen atoms in total. The zero-order chi connectivity index (χ0) is 19.7. The molecule has 0 aliphatic carbocycles. The predicted octanol–water partition coefficient (Wildman–Crippen LogP) is 4.15. The van der Waals surface area contributed by atoms with Gasteiger partial charge in [-0.3, -0.25) is 9.89 Å². The summed E-state index contributed by atoms with van der Waals surface area (Å²) in [5.41, 5.74) is 3.76. The van der Waals surface area contributed by atoms with Gasteiger partial charge in [0.05, 0.1) is 12.8 Å². The van der Waals surface area contributed by atoms with Gasteiger partial charge in [-0.1, -0.05) is 42.5 Å². The molecule has 0 spiro atoms. The summed E-state index contributed by atoms with van der Waals surface area (Å²) in [7, 11) is 1.60. The van der Waals surface area contributed by atoms with Crippen LogP contribution in [-0.2, 0) is 0 Å². The van der Waals surface area contributed by atoms with E-state index in [1.807, 2.05) is 68.4 Å². The van der Waals surface area contributed by atoms with Gasteiger partial charge in [0.15, 0.2) is 17.1 Å². The average Bonchev–Trinajstić information content (AvgIpc) is 3.05. The molecule has 6 heteroatoms. The highest BCUT2D eigenvalue weighted by atomic mass is 16.5. The number of aromatic amines is 1. The highest BCUT2D eigenvalue weighted by Crippen LogP contribution is 2.31. The average molecular weight is 375 g/mol. The molecule has 2 aromatic carbocycles. The van der Waals surface area contributed by atoms with Gasteiger partial charge in [-0.05, 0) is 31.5 Å². The van der Waals surface area contributed by atoms with Gasteiger partial charge in [-0.15, -0.1) is 0 Å². The van der Waals surface area contributed by atoms with Crippen LogP contribution >= 0.6 is 0 Å². The number of H-pyrrole nitrogens is 1. The van der Waals surface area contributed by atoms with Crippen LogP contribution in [0.25, 0.3) is 16.8 Å². The number of nitrogens with one attached hydrogen (secondary N) is 1. The van der Waals surface area contributed by atoms with Gasteiger partial charge in [-0.2, -0.15) is 0 Å². The summed E-state index contributed by atoms with van der Waals surface area (Å²) in [6, 6.07) is 18.8. The highest BCUT2D eigenvalue weighted by Gasteiger charge is 2.18. The molecule has 0 saturated heterocycles. The Morgan fingerprint density at radius 3 is 2.43 bits per heavy atom. The second-order valence-corrected chi connectivity index (χ2v) is 6.57. The summed E-state index contributed by atoms with van der Waals surface area (Å²) in [4.78, 5) is 17.4. The van der Waals surface area contributed by atoms with E-state index in [4.69, 9.17) is 14.5 Å². The fourth-order valence-corrected chi connectivity index (χ4v) is 3.29. The van der Waals surface area contributed by atoms with Crippen molar-refractivity contribution in [2.45, 2.75) is 20.0 Å². The quantitative estimate of drug-likeness (QED) is 0.569. The van der Waals surface area contributed by atoms with Crippen LogP contribution in [0.5, 0.6) is 11.5 Å². The summed E-state index contributed by atoms with van der Waals surface area (Å²) in [5, 5.41) is 3.11. The summed E-state index contributed by atoms with van der Waals surface area (Å²) >= 11 is 0. The minimum Gasteiger partial charge on any atom is -0.493 e. The Labute approximate surface area is 162 Å². The first-order valence-electron chi connectivity index (χ1n) is 9.06. The molecular weight excluding hydrogens is 354 g/mol. The second kappa shape index (κ2) is 7.23. The molecule has 0 amide bonds. The molecule has 0 radical (unpaired) electrons. The smallest absolute Gasteiger partial charge is 0.273 e. The maximum atomic E-state index is 12.7. The van der Waals surface area contributed by atoms with Crippen molar-refractivity contribution in [1.29, 1.82) is 0 Å². The van der Waals surface area contributed by atoms with E-state index < -0.39 is 6.10 Å². The largest absolute Gasteiger partial charge is 0.493 e. The molecule has 0 aliphatic rings. The molecule has 0 bridgehead atoms. The van der Waals surface area contributed by atoms with Crippen molar-refractivity contribution < 1.29 is 9.47 Å². The first kappa shape index (κ1) is 17.9. The van der Waals surface area contributed by atoms with Crippen molar-refractivity contribution in [2.24, 2.45) is 0 Å². The van der Waals surface area contributed by atoms with E-state index in [0.29, 0.717) is 22.8 Å². The van der Waals surface area contributed by atoms with E-state index in [0.717, 1.165) is 16.8 Å². The SMILES string of the molecule is COc1ccccc1O[C@H](C)c1cc(=O)n2[nH]c(C)c(-c3ccccc3)c2n1. The Balaban J connectivity index is 1.79. The molecule has 4 rings (SSSR count). The maximum Gasteiger partial charge on any atom is 0.273 e. The summed E-state index contributed by atoms with van der Waals surface area (Å²) in [6.07, 6.45) is -0.423. The van der Waals surface area contributed by atoms with Crippen LogP contribution in [0, 0.1) is 6.92 Å². The molecule has 0 saturated carbocycles. The molecule has 142 valence electrons. The van der Waals surface area contributed by atoms with Gasteiger partial charge >= 0.3 is 0 Å². The van der Waals surface area contributed by atoms with E-state index in [2.05, 4.69) is 5.10 Å². The van der Waals surface area contributed by atoms with Crippen LogP contribution in [0.4, 0.5) is 0 Å². The third-order valence-corrected chi connectivity index (χ3v) is 4.67. The molecule has 28 heavy (non-hydrogen) atoms. The Morgan fingerprint density at radius 2 is 1.71 bits per heavy atom. The van der Waals surface area contributed by atoms with E-state index in [1.54, 1.807) is 7.11 Å². The number of hydrogen-bond acceptors (Lipinski definition) is 4. The van der Waals surface area contributed by atoms with Gasteiger partial charge in [0.1, 0.15) is 6.10 Å². The molecule has 1 N–H and O–H groups in total. The third-order valence-electron chi connectivity index (χ3n) is 4.67. The van der Waals surface area contributed by atoms with E-state index in [-0.39, 0.29) is 5.56 Å². The van der Waals surface area contributed by atoms with Crippen LogP contribution in [0.3, 0.4) is 0 Å². The van der Waals surface area contributed by atoms with Gasteiger partial charge in [0.25, 0.3) is 5.56 Å². The molecule has 2 heterocycles. The van der Waals surface area contributed by atoms with Gasteiger partial charge < -0.3 is 9.47 Å². The molecule has 2 aromatic heterocycles. The summed E-state index contributed by atoms with van der Waals surface area (Å²) in [5.74, 6) is 1.24. The van der Waals surface area contributed by atoms with Crippen molar-refractivity contribution in [2.75, 3.05) is 7.11 Å². The van der Waals surface area contributed by atoms with E-state index >= 15 is 0 Å². The lowest BCUT2D eigenvalue weighted by molar-refractivity contribution is 0.211. The molecule has 0 fully saturated rings. The molecule has 1 atom stereocenters. The van der Waals surface area contributed by atoms with Gasteiger partial charge in [-0.25, -0.2) is 9.50 Å². The Hall–Kier alpha value is -3.54. The normalized spacial score (nSPS) is 12.1. The number of methoxy groups -OCH3 is 1. The lowest BCUT2D eigenvalue weighted by atomic mass is 10.1. The number of para-hydroxylation sites is 2. The lowest BCUT2D eigenvalue weighted by Gasteiger charge is -2.16. The van der Waals surface area contributed by atoms with Crippen LogP contribution in [0.15, 0.2) is 65.5 Å². The van der Waals surface area contributed by atoms with E-state index in [9.17, 15) is 4.79 Å². The molecule has 0 aliphatic heterocycles. The minimum atomic E-state index is -0.423. The zero-order valence-electron chi connectivity index (χ0n) is 16.0. The van der Waals surface area contributed by atoms with Crippen LogP contribution in [0.1, 0.15) is 24.4 Å². The topological polar surface area (TPSA) is 68.6 Å². The molecule has 4 aromatic rings. The third kappa shape index (κ3) is 3.13. The number of benzene rings is 2. The van der Waals surface area contributed by atoms with Crippen LogP contribution in [-0.4, -0.2) is 21.7 Å². The van der Waals surface area contributed by atoms with Crippen LogP contribution < -0.4 is 15.0 Å². The number of ether oxygens (including phenoxy) is 2. The number of nitrogens with zero attached hydrogens (tertiary/aromatic N) is 2. The number of rotatable bonds is 5. The minimum absolute atomic E-state index is 0.180. The monoisotopic (exact) mass is 375 g/mol. The molecule has 0 unspecified atom stereocenters. The Bertz CT molecular complexity index is 1180. The summed E-state index contributed by atoms with van der Waals surface area (Å²) < 4.78 is 12.8. The predicted molar refractivity (Wildman–Crippen MR) is 108 cm³/mol.